The molecule has 4 unspecified atom stereocenters. The molecule has 4 atom stereocenters. The molecular weight excluding hydrogens is 560 g/mol. The van der Waals surface area contributed by atoms with Crippen LogP contribution in [-0.4, -0.2) is 50.7 Å². The number of allylic oxidation sites excluding steroid dienone is 5. The van der Waals surface area contributed by atoms with Crippen LogP contribution in [0.25, 0.3) is 0 Å². The molecule has 0 aromatic heterocycles. The zero-order valence-corrected chi connectivity index (χ0v) is 29.0. The van der Waals surface area contributed by atoms with Gasteiger partial charge in [0.2, 0.25) is 0 Å². The van der Waals surface area contributed by atoms with E-state index >= 15 is 0 Å². The van der Waals surface area contributed by atoms with Crippen LogP contribution in [0.1, 0.15) is 102 Å². The Morgan fingerprint density at radius 1 is 0.978 bits per heavy atom. The van der Waals surface area contributed by atoms with Crippen LogP contribution < -0.4 is 0 Å². The van der Waals surface area contributed by atoms with E-state index in [1.165, 1.54) is 100 Å². The topological polar surface area (TPSA) is 83.8 Å². The number of aldehydes is 1. The van der Waals surface area contributed by atoms with Crippen molar-refractivity contribution in [2.24, 2.45) is 23.7 Å². The van der Waals surface area contributed by atoms with E-state index in [1.54, 1.807) is 5.57 Å². The molecule has 5 heteroatoms. The molecule has 2 aliphatic rings. The lowest BCUT2D eigenvalue weighted by atomic mass is 9.70. The highest BCUT2D eigenvalue weighted by Crippen LogP contribution is 2.40. The fourth-order valence-electron chi connectivity index (χ4n) is 6.35. The number of methoxy groups -OCH3 is 1. The number of hydrogen-bond donors (Lipinski definition) is 2. The van der Waals surface area contributed by atoms with E-state index < -0.39 is 0 Å². The van der Waals surface area contributed by atoms with Gasteiger partial charge in [-0.25, -0.2) is 0 Å². The molecule has 3 rings (SSSR count). The molecule has 0 saturated heterocycles. The molecule has 1 saturated carbocycles. The molecule has 0 heterocycles. The van der Waals surface area contributed by atoms with Crippen molar-refractivity contribution in [3.63, 3.8) is 0 Å². The highest BCUT2D eigenvalue weighted by atomic mass is 16.5. The van der Waals surface area contributed by atoms with Gasteiger partial charge in [-0.3, -0.25) is 4.79 Å². The summed E-state index contributed by atoms with van der Waals surface area (Å²) in [5.74, 6) is 3.14. The van der Waals surface area contributed by atoms with Crippen LogP contribution in [0.2, 0.25) is 0 Å². The van der Waals surface area contributed by atoms with Gasteiger partial charge >= 0.3 is 0 Å². The molecule has 1 fully saturated rings. The van der Waals surface area contributed by atoms with Crippen molar-refractivity contribution in [2.45, 2.75) is 104 Å². The third kappa shape index (κ3) is 19.5. The van der Waals surface area contributed by atoms with Gasteiger partial charge in [-0.2, -0.15) is 0 Å². The fourth-order valence-corrected chi connectivity index (χ4v) is 6.35. The van der Waals surface area contributed by atoms with E-state index in [2.05, 4.69) is 69.5 Å². The van der Waals surface area contributed by atoms with Gasteiger partial charge in [0.1, 0.15) is 13.1 Å². The van der Waals surface area contributed by atoms with Gasteiger partial charge in [0.05, 0.1) is 6.61 Å². The lowest BCUT2D eigenvalue weighted by molar-refractivity contribution is -0.105. The number of aliphatic hydroxyl groups is 2. The summed E-state index contributed by atoms with van der Waals surface area (Å²) in [5.41, 5.74) is 6.12. The number of ether oxygens (including phenoxy) is 1. The molecule has 0 bridgehead atoms. The molecule has 1 aromatic rings. The Balaban J connectivity index is 0.00000170. The van der Waals surface area contributed by atoms with Crippen LogP contribution in [0, 0.1) is 23.7 Å². The molecule has 2 N–H and O–H groups in total. The first-order valence-electron chi connectivity index (χ1n) is 17.0. The number of carbonyl (C=O) groups is 2. The Morgan fingerprint density at radius 2 is 1.62 bits per heavy atom. The Hall–Kier alpha value is -2.60. The number of aryl methyl sites for hydroxylation is 2. The first kappa shape index (κ1) is 42.4. The van der Waals surface area contributed by atoms with E-state index in [1.807, 2.05) is 13.9 Å². The minimum Gasteiger partial charge on any atom is -0.400 e. The molecule has 5 nitrogen and oxygen atoms in total. The summed E-state index contributed by atoms with van der Waals surface area (Å²) in [4.78, 5) is 17.5. The minimum absolute atomic E-state index is 0.218. The Labute approximate surface area is 275 Å². The van der Waals surface area contributed by atoms with Crippen LogP contribution in [0.3, 0.4) is 0 Å². The molecule has 0 amide bonds. The smallest absolute Gasteiger partial charge is 0.147 e. The maximum Gasteiger partial charge on any atom is 0.147 e. The third-order valence-corrected chi connectivity index (χ3v) is 8.72. The highest BCUT2D eigenvalue weighted by molar-refractivity contribution is 5.72. The highest BCUT2D eigenvalue weighted by Gasteiger charge is 2.29. The zero-order chi connectivity index (χ0) is 33.9. The molecule has 45 heavy (non-hydrogen) atoms. The Morgan fingerprint density at radius 3 is 2.18 bits per heavy atom. The van der Waals surface area contributed by atoms with Crippen LogP contribution in [0.5, 0.6) is 0 Å². The van der Waals surface area contributed by atoms with Crippen LogP contribution in [0.15, 0.2) is 72.4 Å². The zero-order valence-electron chi connectivity index (χ0n) is 29.0. The molecule has 2 aliphatic carbocycles. The molecular formula is C40H64O5. The summed E-state index contributed by atoms with van der Waals surface area (Å²) in [6.45, 7) is 14.3. The summed E-state index contributed by atoms with van der Waals surface area (Å²) in [5, 5.41) is 15.0. The number of hydrogen-bond acceptors (Lipinski definition) is 5. The maximum absolute atomic E-state index is 9.48. The quantitative estimate of drug-likeness (QED) is 0.0738. The molecule has 0 radical (unpaired) electrons. The van der Waals surface area contributed by atoms with Crippen molar-refractivity contribution in [3.8, 4) is 0 Å². The van der Waals surface area contributed by atoms with Crippen molar-refractivity contribution in [1.82, 2.24) is 0 Å². The van der Waals surface area contributed by atoms with Crippen molar-refractivity contribution in [2.75, 3.05) is 27.4 Å². The average Bonchev–Trinajstić information content (AvgIpc) is 3.07. The maximum atomic E-state index is 9.48. The van der Waals surface area contributed by atoms with Gasteiger partial charge in [-0.1, -0.05) is 86.4 Å². The van der Waals surface area contributed by atoms with Gasteiger partial charge in [0.25, 0.3) is 0 Å². The second-order valence-electron chi connectivity index (χ2n) is 12.6. The average molecular weight is 625 g/mol. The van der Waals surface area contributed by atoms with Crippen molar-refractivity contribution in [3.05, 3.63) is 83.5 Å². The lowest BCUT2D eigenvalue weighted by Crippen LogP contribution is -2.24. The van der Waals surface area contributed by atoms with E-state index in [0.717, 1.165) is 37.9 Å². The minimum atomic E-state index is -0.233. The van der Waals surface area contributed by atoms with Crippen molar-refractivity contribution >= 4 is 13.1 Å². The third-order valence-electron chi connectivity index (χ3n) is 8.72. The number of aliphatic hydroxyl groups excluding tert-OH is 2. The summed E-state index contributed by atoms with van der Waals surface area (Å²) < 4.78 is 5.40. The van der Waals surface area contributed by atoms with Gasteiger partial charge in [-0.05, 0) is 112 Å². The second-order valence-corrected chi connectivity index (χ2v) is 12.6. The summed E-state index contributed by atoms with van der Waals surface area (Å²) >= 11 is 0. The number of unbranched alkanes of at least 4 members (excludes halogenated alkanes) is 3. The van der Waals surface area contributed by atoms with E-state index in [-0.39, 0.29) is 12.2 Å². The largest absolute Gasteiger partial charge is 0.400 e. The predicted molar refractivity (Wildman–Crippen MR) is 190 cm³/mol. The molecule has 254 valence electrons. The first-order valence-corrected chi connectivity index (χ1v) is 17.0. The SMILES string of the molecule is C=C(C)CC(CCCCc1ccc(CCC2CCC3C=C(CCCCC)C=CC3C2)cc1)COC.C=C(C=O)CO.C=O.CO. The normalized spacial score (nSPS) is 18.7. The van der Waals surface area contributed by atoms with E-state index in [9.17, 15) is 4.79 Å². The van der Waals surface area contributed by atoms with Crippen LogP contribution >= 0.6 is 0 Å². The van der Waals surface area contributed by atoms with Crippen molar-refractivity contribution in [1.29, 1.82) is 0 Å². The molecule has 0 spiro atoms. The van der Waals surface area contributed by atoms with Gasteiger partial charge in [-0.15, -0.1) is 6.58 Å². The van der Waals surface area contributed by atoms with Crippen LogP contribution in [-0.2, 0) is 27.2 Å². The Bertz CT molecular complexity index is 977. The summed E-state index contributed by atoms with van der Waals surface area (Å²) in [7, 11) is 2.81. The molecule has 0 aliphatic heterocycles. The standard InChI is InChI=1S/C34H52O.C4H6O2.CH4O.CH2O/c1-5-6-7-11-30-19-21-34-25-31(20-22-33(34)24-30)18-17-29-15-13-28(14-16-29)10-8-9-12-32(26-35-4)23-27(2)3;1-4(2-5)3-6;2*1-2/h13-16,19,21,24,31-34H,2,5-12,17-18,20,22-23,25-26H2,1,3-4H3;2,6H,1,3H2;2H,1H3;1H2. The van der Waals surface area contributed by atoms with E-state index in [4.69, 9.17) is 19.7 Å². The van der Waals surface area contributed by atoms with Crippen molar-refractivity contribution < 1.29 is 24.5 Å². The van der Waals surface area contributed by atoms with Gasteiger partial charge in [0, 0.05) is 26.4 Å². The second kappa shape index (κ2) is 27.7. The number of fused-ring (bicyclic) bond motifs is 1. The first-order chi connectivity index (χ1) is 21.9. The Kier molecular flexibility index (Phi) is 26.1. The summed E-state index contributed by atoms with van der Waals surface area (Å²) in [6, 6.07) is 9.53. The molecule has 1 aromatic carbocycles. The lowest BCUT2D eigenvalue weighted by Gasteiger charge is -2.35. The summed E-state index contributed by atoms with van der Waals surface area (Å²) in [6.07, 6.45) is 26.4. The number of rotatable bonds is 18. The number of benzene rings is 1. The van der Waals surface area contributed by atoms with Crippen LogP contribution in [0.4, 0.5) is 0 Å². The van der Waals surface area contributed by atoms with Gasteiger partial charge in [0.15, 0.2) is 0 Å². The number of carbonyl (C=O) groups excluding carboxylic acids is 2. The van der Waals surface area contributed by atoms with Gasteiger partial charge < -0.3 is 19.7 Å². The monoisotopic (exact) mass is 624 g/mol. The van der Waals surface area contributed by atoms with E-state index in [0.29, 0.717) is 12.2 Å². The fraction of sp³-hybridized carbons (Fsp3) is 0.600. The predicted octanol–water partition coefficient (Wildman–Crippen LogP) is 8.83.